The van der Waals surface area contributed by atoms with E-state index in [2.05, 4.69) is 41.7 Å². The summed E-state index contributed by atoms with van der Waals surface area (Å²) in [6.07, 6.45) is 4.10. The first kappa shape index (κ1) is 40.0. The van der Waals surface area contributed by atoms with Gasteiger partial charge in [-0.1, -0.05) is 88.2 Å². The molecule has 0 unspecified atom stereocenters. The number of likely N-dealkylation sites (tertiary alicyclic amines) is 2. The van der Waals surface area contributed by atoms with Gasteiger partial charge >= 0.3 is 6.03 Å². The van der Waals surface area contributed by atoms with Gasteiger partial charge in [-0.2, -0.15) is 0 Å². The van der Waals surface area contributed by atoms with Crippen LogP contribution in [0.1, 0.15) is 101 Å². The van der Waals surface area contributed by atoms with Crippen molar-refractivity contribution in [3.05, 3.63) is 12.7 Å². The Morgan fingerprint density at radius 3 is 2.00 bits per heavy atom. The van der Waals surface area contributed by atoms with Crippen LogP contribution >= 0.6 is 0 Å². The molecule has 51 heavy (non-hydrogen) atoms. The lowest BCUT2D eigenvalue weighted by Gasteiger charge is -2.40. The molecule has 4 rings (SSSR count). The first-order chi connectivity index (χ1) is 23.4. The second kappa shape index (κ2) is 14.3. The summed E-state index contributed by atoms with van der Waals surface area (Å²) in [5.74, 6) is -2.86. The monoisotopic (exact) mass is 712 g/mol. The van der Waals surface area contributed by atoms with Crippen LogP contribution < -0.4 is 21.3 Å². The highest BCUT2D eigenvalue weighted by atomic mass is 16.2. The molecule has 0 radical (unpaired) electrons. The molecule has 0 aromatic carbocycles. The number of hydrogen-bond donors (Lipinski definition) is 4. The van der Waals surface area contributed by atoms with Crippen molar-refractivity contribution >= 4 is 41.4 Å². The lowest BCUT2D eigenvalue weighted by atomic mass is 9.80. The molecular weight excluding hydrogens is 652 g/mol. The van der Waals surface area contributed by atoms with Crippen molar-refractivity contribution in [1.29, 1.82) is 0 Å². The summed E-state index contributed by atoms with van der Waals surface area (Å²) in [6.45, 7) is 23.0. The van der Waals surface area contributed by atoms with Gasteiger partial charge in [0, 0.05) is 32.5 Å². The largest absolute Gasteiger partial charge is 0.346 e. The Morgan fingerprint density at radius 1 is 0.902 bits per heavy atom. The fraction of sp³-hybridized carbons (Fsp3) is 0.763. The van der Waals surface area contributed by atoms with Crippen LogP contribution in [0, 0.1) is 39.4 Å². The van der Waals surface area contributed by atoms with Gasteiger partial charge in [0.15, 0.2) is 0 Å². The Balaban J connectivity index is 1.52. The van der Waals surface area contributed by atoms with E-state index >= 15 is 0 Å². The van der Waals surface area contributed by atoms with Gasteiger partial charge in [0.2, 0.25) is 29.4 Å². The van der Waals surface area contributed by atoms with Crippen molar-refractivity contribution in [2.24, 2.45) is 39.4 Å². The number of urea groups is 1. The molecule has 13 nitrogen and oxygen atoms in total. The number of amides is 7. The van der Waals surface area contributed by atoms with Crippen LogP contribution in [0.5, 0.6) is 0 Å². The number of piperidine rings is 2. The highest BCUT2D eigenvalue weighted by Crippen LogP contribution is 2.65. The number of nitrogens with zero attached hydrogens (tertiary/aromatic N) is 2. The van der Waals surface area contributed by atoms with E-state index in [1.54, 1.807) is 0 Å². The van der Waals surface area contributed by atoms with Crippen molar-refractivity contribution in [1.82, 2.24) is 31.1 Å². The maximum Gasteiger partial charge on any atom is 0.315 e. The fourth-order valence-corrected chi connectivity index (χ4v) is 7.68. The van der Waals surface area contributed by atoms with Gasteiger partial charge in [-0.15, -0.1) is 6.58 Å². The lowest BCUT2D eigenvalue weighted by molar-refractivity contribution is -0.153. The number of carbonyl (C=O) groups is 7. The lowest BCUT2D eigenvalue weighted by Crippen LogP contribution is -2.63. The Kier molecular flexibility index (Phi) is 11.2. The Labute approximate surface area is 302 Å². The summed E-state index contributed by atoms with van der Waals surface area (Å²) < 4.78 is 0. The number of imide groups is 1. The second-order valence-electron chi connectivity index (χ2n) is 18.7. The number of hydrogen-bond acceptors (Lipinski definition) is 7. The quantitative estimate of drug-likeness (QED) is 0.129. The van der Waals surface area contributed by atoms with Gasteiger partial charge in [-0.3, -0.25) is 33.7 Å². The van der Waals surface area contributed by atoms with Crippen LogP contribution in [0.25, 0.3) is 0 Å². The zero-order valence-corrected chi connectivity index (χ0v) is 32.2. The highest BCUT2D eigenvalue weighted by molar-refractivity contribution is 6.38. The van der Waals surface area contributed by atoms with Gasteiger partial charge in [-0.25, -0.2) is 4.79 Å². The van der Waals surface area contributed by atoms with Gasteiger partial charge < -0.3 is 26.2 Å². The van der Waals surface area contributed by atoms with E-state index in [9.17, 15) is 33.6 Å². The van der Waals surface area contributed by atoms with Gasteiger partial charge in [-0.05, 0) is 45.8 Å². The molecule has 6 atom stereocenters. The predicted octanol–water partition coefficient (Wildman–Crippen LogP) is 2.93. The molecule has 4 aliphatic rings. The molecule has 2 aliphatic heterocycles. The minimum Gasteiger partial charge on any atom is -0.346 e. The van der Waals surface area contributed by atoms with Crippen LogP contribution in [-0.2, 0) is 28.8 Å². The summed E-state index contributed by atoms with van der Waals surface area (Å²) in [7, 11) is 0. The Hall–Kier alpha value is -3.77. The van der Waals surface area contributed by atoms with Crippen LogP contribution in [-0.4, -0.2) is 95.0 Å². The maximum absolute atomic E-state index is 14.5. The van der Waals surface area contributed by atoms with E-state index in [0.29, 0.717) is 13.0 Å². The molecular formula is C38H60N6O7. The molecule has 284 valence electrons. The van der Waals surface area contributed by atoms with Crippen LogP contribution in [0.2, 0.25) is 0 Å². The molecule has 2 saturated carbocycles. The highest BCUT2D eigenvalue weighted by Gasteiger charge is 2.70. The SMILES string of the molecule is C=CCNC(=O)C(=O)[C@H](CC1CC1)NC(=O)[C@H]1[C@@H]2[C@@H](CN1C(=O)[C@@H](NC(=O)N[C@H](CN1C(=O)CC(C)(C)CC1=O)C(C)(C)C)C(C)(C)C)C2(C)C. The molecule has 0 spiro atoms. The molecule has 2 saturated heterocycles. The van der Waals surface area contributed by atoms with Crippen molar-refractivity contribution in [2.75, 3.05) is 19.6 Å². The normalized spacial score (nSPS) is 25.6. The summed E-state index contributed by atoms with van der Waals surface area (Å²) in [5.41, 5.74) is -1.96. The van der Waals surface area contributed by atoms with Gasteiger partial charge in [0.1, 0.15) is 12.1 Å². The first-order valence-corrected chi connectivity index (χ1v) is 18.3. The minimum absolute atomic E-state index is 0.00202. The van der Waals surface area contributed by atoms with Crippen LogP contribution in [0.4, 0.5) is 4.79 Å². The third-order valence-electron chi connectivity index (χ3n) is 11.3. The zero-order chi connectivity index (χ0) is 38.4. The standard InChI is InChI=1S/C38H60N6O7/c1-12-15-39-32(49)29(47)23(16-21-13-14-21)40-31(48)28-27-22(38(27,10)11)19-44(28)33(50)30(36(5,6)7)42-34(51)41-24(35(2,3)4)20-43-25(45)17-37(8,9)18-26(43)46/h12,21-24,27-28,30H,1,13-20H2,2-11H3,(H,39,49)(H,40,48)(H2,41,42,51)/t22-,23+,24-,27+,28-,30-/m1/s1. The van der Waals surface area contributed by atoms with Crippen LogP contribution in [0.3, 0.4) is 0 Å². The maximum atomic E-state index is 14.5. The molecule has 0 bridgehead atoms. The summed E-state index contributed by atoms with van der Waals surface area (Å²) in [6, 6.07) is -4.20. The molecule has 0 aromatic heterocycles. The van der Waals surface area contributed by atoms with E-state index in [1.807, 2.05) is 55.4 Å². The number of carbonyl (C=O) groups excluding carboxylic acids is 7. The molecule has 4 N–H and O–H groups in total. The average molecular weight is 713 g/mol. The zero-order valence-electron chi connectivity index (χ0n) is 32.2. The smallest absolute Gasteiger partial charge is 0.315 e. The van der Waals surface area contributed by atoms with E-state index in [1.165, 1.54) is 15.9 Å². The van der Waals surface area contributed by atoms with Crippen molar-refractivity contribution in [3.63, 3.8) is 0 Å². The number of rotatable bonds is 13. The molecule has 0 aromatic rings. The summed E-state index contributed by atoms with van der Waals surface area (Å²) in [5, 5.41) is 11.2. The van der Waals surface area contributed by atoms with E-state index in [-0.39, 0.29) is 60.9 Å². The number of ketones is 1. The number of nitrogens with one attached hydrogen (secondary N) is 4. The van der Waals surface area contributed by atoms with Gasteiger partial charge in [0.25, 0.3) is 5.91 Å². The van der Waals surface area contributed by atoms with Crippen molar-refractivity contribution in [3.8, 4) is 0 Å². The van der Waals surface area contributed by atoms with Crippen molar-refractivity contribution < 1.29 is 33.6 Å². The van der Waals surface area contributed by atoms with E-state index in [4.69, 9.17) is 0 Å². The predicted molar refractivity (Wildman–Crippen MR) is 192 cm³/mol. The third kappa shape index (κ3) is 9.18. The second-order valence-corrected chi connectivity index (χ2v) is 18.7. The molecule has 4 fully saturated rings. The fourth-order valence-electron chi connectivity index (χ4n) is 7.68. The molecule has 13 heteroatoms. The molecule has 2 heterocycles. The minimum atomic E-state index is -1.04. The first-order valence-electron chi connectivity index (χ1n) is 18.3. The van der Waals surface area contributed by atoms with Crippen LogP contribution in [0.15, 0.2) is 12.7 Å². The Bertz CT molecular complexity index is 1430. The molecule has 2 aliphatic carbocycles. The summed E-state index contributed by atoms with van der Waals surface area (Å²) >= 11 is 0. The number of fused-ring (bicyclic) bond motifs is 1. The Morgan fingerprint density at radius 2 is 1.49 bits per heavy atom. The van der Waals surface area contributed by atoms with Crippen molar-refractivity contribution in [2.45, 2.75) is 126 Å². The summed E-state index contributed by atoms with van der Waals surface area (Å²) in [4.78, 5) is 96.7. The molecule has 7 amide bonds. The van der Waals surface area contributed by atoms with Gasteiger partial charge in [0.05, 0.1) is 12.1 Å². The topological polar surface area (TPSA) is 174 Å². The van der Waals surface area contributed by atoms with E-state index < -0.39 is 69.9 Å². The number of Topliss-reactive ketones (excluding diaryl/α,β-unsaturated/α-hetero) is 1. The third-order valence-corrected chi connectivity index (χ3v) is 11.3. The van der Waals surface area contributed by atoms with E-state index in [0.717, 1.165) is 12.8 Å². The average Bonchev–Trinajstić information content (AvgIpc) is 3.84.